The predicted molar refractivity (Wildman–Crippen MR) is 85.0 cm³/mol. The molecule has 0 radical (unpaired) electrons. The smallest absolute Gasteiger partial charge is 0.0239 e. The van der Waals surface area contributed by atoms with E-state index in [1.807, 2.05) is 0 Å². The number of fused-ring (bicyclic) bond motifs is 1. The van der Waals surface area contributed by atoms with Gasteiger partial charge in [0.05, 0.1) is 0 Å². The predicted octanol–water partition coefficient (Wildman–Crippen LogP) is 3.73. The first-order chi connectivity index (χ1) is 9.56. The highest BCUT2D eigenvalue weighted by Crippen LogP contribution is 2.30. The van der Waals surface area contributed by atoms with E-state index in [2.05, 4.69) is 56.3 Å². The molecule has 2 aromatic carbocycles. The van der Waals surface area contributed by atoms with Crippen LogP contribution < -0.4 is 5.73 Å². The second-order valence-corrected chi connectivity index (χ2v) is 6.41. The Bertz CT molecular complexity index is 629. The summed E-state index contributed by atoms with van der Waals surface area (Å²) in [7, 11) is 0. The fraction of sp³-hybridized carbons (Fsp3) is 0.368. The summed E-state index contributed by atoms with van der Waals surface area (Å²) in [4.78, 5) is 0. The van der Waals surface area contributed by atoms with E-state index in [4.69, 9.17) is 5.73 Å². The first kappa shape index (κ1) is 13.4. The van der Waals surface area contributed by atoms with Crippen molar-refractivity contribution in [3.05, 3.63) is 70.3 Å². The molecule has 0 amide bonds. The molecule has 0 heterocycles. The normalized spacial score (nSPS) is 21.6. The molecule has 0 aliphatic heterocycles. The van der Waals surface area contributed by atoms with Gasteiger partial charge in [-0.2, -0.15) is 0 Å². The molecule has 0 aromatic heterocycles. The average molecular weight is 265 g/mol. The van der Waals surface area contributed by atoms with E-state index in [0.29, 0.717) is 0 Å². The molecule has 1 aliphatic carbocycles. The molecule has 1 unspecified atom stereocenters. The van der Waals surface area contributed by atoms with Crippen LogP contribution in [0.2, 0.25) is 0 Å². The van der Waals surface area contributed by atoms with Crippen LogP contribution in [0.4, 0.5) is 0 Å². The van der Waals surface area contributed by atoms with E-state index in [1.165, 1.54) is 27.8 Å². The Hall–Kier alpha value is -1.60. The first-order valence-corrected chi connectivity index (χ1v) is 7.48. The molecule has 1 nitrogen and oxygen atoms in total. The summed E-state index contributed by atoms with van der Waals surface area (Å²) < 4.78 is 0. The van der Waals surface area contributed by atoms with Gasteiger partial charge in [-0.05, 0) is 61.8 Å². The number of hydrogen-bond donors (Lipinski definition) is 1. The number of benzene rings is 2. The molecule has 20 heavy (non-hydrogen) atoms. The SMILES string of the molecule is Cc1ccc(C)c(CC2(N)CCc3ccccc3C2)c1. The lowest BCUT2D eigenvalue weighted by Crippen LogP contribution is -2.47. The van der Waals surface area contributed by atoms with Crippen molar-refractivity contribution in [2.45, 2.75) is 45.1 Å². The molecule has 0 spiro atoms. The second kappa shape index (κ2) is 5.06. The molecular weight excluding hydrogens is 242 g/mol. The summed E-state index contributed by atoms with van der Waals surface area (Å²) in [5.41, 5.74) is 13.6. The van der Waals surface area contributed by atoms with Gasteiger partial charge in [0.25, 0.3) is 0 Å². The van der Waals surface area contributed by atoms with Gasteiger partial charge >= 0.3 is 0 Å². The Kier molecular flexibility index (Phi) is 3.39. The standard InChI is InChI=1S/C19H23N/c1-14-7-8-15(2)18(11-14)13-19(20)10-9-16-5-3-4-6-17(16)12-19/h3-8,11H,9-10,12-13,20H2,1-2H3. The van der Waals surface area contributed by atoms with Crippen molar-refractivity contribution >= 4 is 0 Å². The van der Waals surface area contributed by atoms with Crippen LogP contribution in [0.1, 0.15) is 34.2 Å². The molecule has 0 bridgehead atoms. The molecule has 2 N–H and O–H groups in total. The highest BCUT2D eigenvalue weighted by molar-refractivity contribution is 5.36. The molecule has 1 heteroatoms. The third kappa shape index (κ3) is 2.64. The zero-order valence-electron chi connectivity index (χ0n) is 12.4. The molecule has 0 fully saturated rings. The largest absolute Gasteiger partial charge is 0.324 e. The highest BCUT2D eigenvalue weighted by atomic mass is 14.7. The van der Waals surface area contributed by atoms with E-state index in [-0.39, 0.29) is 5.54 Å². The number of hydrogen-bond acceptors (Lipinski definition) is 1. The molecule has 1 aliphatic rings. The summed E-state index contributed by atoms with van der Waals surface area (Å²) >= 11 is 0. The van der Waals surface area contributed by atoms with Crippen LogP contribution in [0.3, 0.4) is 0 Å². The Balaban J connectivity index is 1.86. The third-order valence-corrected chi connectivity index (χ3v) is 4.60. The van der Waals surface area contributed by atoms with Crippen molar-refractivity contribution < 1.29 is 0 Å². The van der Waals surface area contributed by atoms with Crippen molar-refractivity contribution in [3.63, 3.8) is 0 Å². The maximum atomic E-state index is 6.72. The van der Waals surface area contributed by atoms with Crippen molar-refractivity contribution in [1.82, 2.24) is 0 Å². The zero-order chi connectivity index (χ0) is 14.2. The molecule has 104 valence electrons. The first-order valence-electron chi connectivity index (χ1n) is 7.48. The number of aryl methyl sites for hydroxylation is 3. The summed E-state index contributed by atoms with van der Waals surface area (Å²) in [5, 5.41) is 0. The van der Waals surface area contributed by atoms with Crippen molar-refractivity contribution in [3.8, 4) is 0 Å². The van der Waals surface area contributed by atoms with Gasteiger partial charge in [0.1, 0.15) is 0 Å². The van der Waals surface area contributed by atoms with Gasteiger partial charge in [-0.1, -0.05) is 48.0 Å². The molecule has 0 saturated heterocycles. The molecule has 1 atom stereocenters. The third-order valence-electron chi connectivity index (χ3n) is 4.60. The van der Waals surface area contributed by atoms with E-state index in [0.717, 1.165) is 25.7 Å². The van der Waals surface area contributed by atoms with Crippen LogP contribution in [0.5, 0.6) is 0 Å². The van der Waals surface area contributed by atoms with Gasteiger partial charge in [0.15, 0.2) is 0 Å². The summed E-state index contributed by atoms with van der Waals surface area (Å²) in [6.07, 6.45) is 4.17. The van der Waals surface area contributed by atoms with Crippen LogP contribution in [-0.4, -0.2) is 5.54 Å². The maximum absolute atomic E-state index is 6.72. The molecule has 3 rings (SSSR count). The van der Waals surface area contributed by atoms with Crippen LogP contribution >= 0.6 is 0 Å². The monoisotopic (exact) mass is 265 g/mol. The van der Waals surface area contributed by atoms with E-state index in [1.54, 1.807) is 0 Å². The van der Waals surface area contributed by atoms with E-state index in [9.17, 15) is 0 Å². The lowest BCUT2D eigenvalue weighted by Gasteiger charge is -2.35. The summed E-state index contributed by atoms with van der Waals surface area (Å²) in [5.74, 6) is 0. The van der Waals surface area contributed by atoms with Crippen LogP contribution in [0.15, 0.2) is 42.5 Å². The Morgan fingerprint density at radius 2 is 1.80 bits per heavy atom. The Labute approximate surface area is 121 Å². The van der Waals surface area contributed by atoms with Crippen LogP contribution in [0, 0.1) is 13.8 Å². The Morgan fingerprint density at radius 1 is 1.05 bits per heavy atom. The number of rotatable bonds is 2. The van der Waals surface area contributed by atoms with Gasteiger partial charge < -0.3 is 5.73 Å². The average Bonchev–Trinajstić information content (AvgIpc) is 2.42. The van der Waals surface area contributed by atoms with Gasteiger partial charge in [-0.15, -0.1) is 0 Å². The molecule has 2 aromatic rings. The quantitative estimate of drug-likeness (QED) is 0.879. The second-order valence-electron chi connectivity index (χ2n) is 6.41. The topological polar surface area (TPSA) is 26.0 Å². The van der Waals surface area contributed by atoms with Crippen molar-refractivity contribution in [2.75, 3.05) is 0 Å². The molecular formula is C19H23N. The Morgan fingerprint density at radius 3 is 2.60 bits per heavy atom. The van der Waals surface area contributed by atoms with Gasteiger partial charge in [0.2, 0.25) is 0 Å². The van der Waals surface area contributed by atoms with E-state index >= 15 is 0 Å². The fourth-order valence-electron chi connectivity index (χ4n) is 3.35. The minimum Gasteiger partial charge on any atom is -0.324 e. The lowest BCUT2D eigenvalue weighted by atomic mass is 9.75. The maximum Gasteiger partial charge on any atom is 0.0239 e. The van der Waals surface area contributed by atoms with E-state index < -0.39 is 0 Å². The zero-order valence-corrected chi connectivity index (χ0v) is 12.4. The molecule has 0 saturated carbocycles. The highest BCUT2D eigenvalue weighted by Gasteiger charge is 2.30. The van der Waals surface area contributed by atoms with Crippen LogP contribution in [-0.2, 0) is 19.3 Å². The minimum atomic E-state index is -0.0904. The lowest BCUT2D eigenvalue weighted by molar-refractivity contribution is 0.368. The fourth-order valence-corrected chi connectivity index (χ4v) is 3.35. The van der Waals surface area contributed by atoms with Crippen molar-refractivity contribution in [2.24, 2.45) is 5.73 Å². The minimum absolute atomic E-state index is 0.0904. The van der Waals surface area contributed by atoms with Gasteiger partial charge in [0, 0.05) is 5.54 Å². The number of nitrogens with two attached hydrogens (primary N) is 1. The summed E-state index contributed by atoms with van der Waals surface area (Å²) in [6, 6.07) is 15.4. The van der Waals surface area contributed by atoms with Gasteiger partial charge in [-0.3, -0.25) is 0 Å². The van der Waals surface area contributed by atoms with Crippen LogP contribution in [0.25, 0.3) is 0 Å². The van der Waals surface area contributed by atoms with Crippen molar-refractivity contribution in [1.29, 1.82) is 0 Å². The summed E-state index contributed by atoms with van der Waals surface area (Å²) in [6.45, 7) is 4.34. The van der Waals surface area contributed by atoms with Gasteiger partial charge in [-0.25, -0.2) is 0 Å².